The average molecular weight is 541 g/mol. The second-order valence-corrected chi connectivity index (χ2v) is 12.0. The first kappa shape index (κ1) is 25.4. The van der Waals surface area contributed by atoms with Crippen molar-refractivity contribution < 1.29 is 17.9 Å². The van der Waals surface area contributed by atoms with Gasteiger partial charge in [0.05, 0.1) is 18.9 Å². The number of nitrogens with zero attached hydrogens (tertiary/aromatic N) is 6. The smallest absolute Gasteiger partial charge is 0.275 e. The number of aromatic nitrogens is 5. The fourth-order valence-electron chi connectivity index (χ4n) is 4.26. The van der Waals surface area contributed by atoms with Gasteiger partial charge < -0.3 is 14.4 Å². The highest BCUT2D eigenvalue weighted by Gasteiger charge is 2.21. The molecule has 0 aromatic carbocycles. The van der Waals surface area contributed by atoms with Crippen molar-refractivity contribution in [1.29, 1.82) is 0 Å². The van der Waals surface area contributed by atoms with E-state index < -0.39 is 9.84 Å². The minimum absolute atomic E-state index is 0.0430. The number of sulfone groups is 1. The summed E-state index contributed by atoms with van der Waals surface area (Å²) in [6.45, 7) is 2.99. The summed E-state index contributed by atoms with van der Waals surface area (Å²) in [5, 5.41) is 0.647. The van der Waals surface area contributed by atoms with Crippen LogP contribution in [0.5, 0.6) is 5.19 Å². The van der Waals surface area contributed by atoms with Gasteiger partial charge >= 0.3 is 0 Å². The van der Waals surface area contributed by atoms with Gasteiger partial charge in [-0.15, -0.1) is 0 Å². The molecular formula is C25H28N6O4S2. The molecule has 12 heteroatoms. The Hall–Kier alpha value is -3.22. The lowest BCUT2D eigenvalue weighted by atomic mass is 9.94. The van der Waals surface area contributed by atoms with Crippen molar-refractivity contribution in [2.45, 2.75) is 30.9 Å². The Kier molecular flexibility index (Phi) is 7.58. The number of anilines is 1. The van der Waals surface area contributed by atoms with Gasteiger partial charge in [-0.05, 0) is 49.4 Å². The summed E-state index contributed by atoms with van der Waals surface area (Å²) in [6.07, 6.45) is 9.43. The molecule has 1 aliphatic heterocycles. The maximum absolute atomic E-state index is 11.6. The number of hydrogen-bond acceptors (Lipinski definition) is 11. The van der Waals surface area contributed by atoms with Crippen molar-refractivity contribution in [1.82, 2.24) is 24.9 Å². The Morgan fingerprint density at radius 1 is 1.03 bits per heavy atom. The molecule has 10 nitrogen and oxygen atoms in total. The topological polar surface area (TPSA) is 120 Å². The van der Waals surface area contributed by atoms with Gasteiger partial charge in [0.25, 0.3) is 5.19 Å². The van der Waals surface area contributed by atoms with Crippen LogP contribution in [0.1, 0.15) is 24.8 Å². The van der Waals surface area contributed by atoms with Crippen molar-refractivity contribution >= 4 is 37.5 Å². The molecule has 4 aromatic heterocycles. The Morgan fingerprint density at radius 3 is 2.49 bits per heavy atom. The largest absolute Gasteiger partial charge is 0.470 e. The number of piperidine rings is 1. The van der Waals surface area contributed by atoms with E-state index in [0.29, 0.717) is 30.0 Å². The number of rotatable bonds is 9. The summed E-state index contributed by atoms with van der Waals surface area (Å²) < 4.78 is 34.4. The molecule has 4 aromatic rings. The predicted molar refractivity (Wildman–Crippen MR) is 142 cm³/mol. The van der Waals surface area contributed by atoms with E-state index in [1.54, 1.807) is 13.2 Å². The van der Waals surface area contributed by atoms with E-state index in [9.17, 15) is 8.42 Å². The lowest BCUT2D eigenvalue weighted by Crippen LogP contribution is -2.35. The van der Waals surface area contributed by atoms with Crippen molar-refractivity contribution in [2.75, 3.05) is 38.0 Å². The number of thiazole rings is 1. The second-order valence-electron chi connectivity index (χ2n) is 9.05. The van der Waals surface area contributed by atoms with Crippen LogP contribution in [0.3, 0.4) is 0 Å². The highest BCUT2D eigenvalue weighted by atomic mass is 32.2. The summed E-state index contributed by atoms with van der Waals surface area (Å²) in [5.41, 5.74) is 3.20. The van der Waals surface area contributed by atoms with E-state index in [1.807, 2.05) is 24.5 Å². The van der Waals surface area contributed by atoms with Crippen molar-refractivity contribution in [3.63, 3.8) is 0 Å². The van der Waals surface area contributed by atoms with Crippen LogP contribution in [0.25, 0.3) is 21.6 Å². The molecule has 194 valence electrons. The fourth-order valence-corrected chi connectivity index (χ4v) is 5.63. The molecule has 0 amide bonds. The Labute approximate surface area is 219 Å². The van der Waals surface area contributed by atoms with E-state index in [0.717, 1.165) is 66.0 Å². The zero-order valence-electron chi connectivity index (χ0n) is 20.7. The first-order valence-electron chi connectivity index (χ1n) is 12.0. The number of ether oxygens (including phenoxy) is 2. The van der Waals surface area contributed by atoms with Crippen LogP contribution >= 0.6 is 11.3 Å². The fraction of sp³-hybridized carbons (Fsp3) is 0.400. The third kappa shape index (κ3) is 6.20. The molecule has 0 N–H and O–H groups in total. The molecular weight excluding hydrogens is 512 g/mol. The summed E-state index contributed by atoms with van der Waals surface area (Å²) in [4.78, 5) is 25.2. The van der Waals surface area contributed by atoms with E-state index >= 15 is 0 Å². The number of methoxy groups -OCH3 is 1. The molecule has 37 heavy (non-hydrogen) atoms. The molecule has 0 radical (unpaired) electrons. The normalized spacial score (nSPS) is 14.8. The van der Waals surface area contributed by atoms with Crippen LogP contribution in [-0.4, -0.2) is 66.4 Å². The van der Waals surface area contributed by atoms with Crippen LogP contribution in [-0.2, 0) is 21.2 Å². The van der Waals surface area contributed by atoms with E-state index in [-0.39, 0.29) is 5.03 Å². The minimum atomic E-state index is -3.34. The van der Waals surface area contributed by atoms with Crippen LogP contribution in [0.2, 0.25) is 0 Å². The molecule has 0 unspecified atom stereocenters. The maximum Gasteiger partial charge on any atom is 0.275 e. The summed E-state index contributed by atoms with van der Waals surface area (Å²) >= 11 is 1.41. The van der Waals surface area contributed by atoms with E-state index in [1.165, 1.54) is 23.6 Å². The molecule has 0 atom stereocenters. The standard InChI is InChI=1S/C25H28N6O4S2/c1-34-16-18-13-27-24(28-14-18)31-10-7-17(8-11-31)9-12-35-25-30-21-5-4-20(29-23(21)36-25)19-3-6-22(26-15-19)37(2,32)33/h3-6,13-15,17H,7-12,16H2,1-2H3. The molecule has 5 rings (SSSR count). The SMILES string of the molecule is COCc1cnc(N2CCC(CCOc3nc4ccc(-c5ccc(S(C)(=O)=O)nc5)nc4s3)CC2)nc1. The van der Waals surface area contributed by atoms with Gasteiger partial charge in [0.15, 0.2) is 14.9 Å². The quantitative estimate of drug-likeness (QED) is 0.310. The molecule has 1 aliphatic rings. The first-order valence-corrected chi connectivity index (χ1v) is 14.7. The van der Waals surface area contributed by atoms with Gasteiger partial charge in [0.1, 0.15) is 10.3 Å². The minimum Gasteiger partial charge on any atom is -0.470 e. The summed E-state index contributed by atoms with van der Waals surface area (Å²) in [5.74, 6) is 1.36. The molecule has 0 bridgehead atoms. The van der Waals surface area contributed by atoms with Crippen LogP contribution in [0, 0.1) is 5.92 Å². The van der Waals surface area contributed by atoms with Crippen LogP contribution in [0.4, 0.5) is 5.95 Å². The first-order chi connectivity index (χ1) is 17.9. The van der Waals surface area contributed by atoms with Crippen LogP contribution < -0.4 is 9.64 Å². The molecule has 0 aliphatic carbocycles. The molecule has 0 spiro atoms. The lowest BCUT2D eigenvalue weighted by Gasteiger charge is -2.31. The van der Waals surface area contributed by atoms with E-state index in [4.69, 9.17) is 9.47 Å². The zero-order chi connectivity index (χ0) is 25.8. The van der Waals surface area contributed by atoms with Gasteiger partial charge in [-0.25, -0.2) is 33.3 Å². The van der Waals surface area contributed by atoms with Gasteiger partial charge in [-0.1, -0.05) is 11.3 Å². The van der Waals surface area contributed by atoms with Gasteiger partial charge in [-0.3, -0.25) is 0 Å². The Bertz CT molecular complexity index is 1450. The molecule has 1 fully saturated rings. The second kappa shape index (κ2) is 11.0. The predicted octanol–water partition coefficient (Wildman–Crippen LogP) is 3.78. The number of pyridine rings is 2. The molecule has 0 saturated carbocycles. The van der Waals surface area contributed by atoms with Crippen molar-refractivity contribution in [3.05, 3.63) is 48.4 Å². The van der Waals surface area contributed by atoms with E-state index in [2.05, 4.69) is 29.8 Å². The lowest BCUT2D eigenvalue weighted by molar-refractivity contribution is 0.184. The monoisotopic (exact) mass is 540 g/mol. The average Bonchev–Trinajstić information content (AvgIpc) is 3.31. The Balaban J connectivity index is 1.13. The summed E-state index contributed by atoms with van der Waals surface area (Å²) in [7, 11) is -1.67. The number of fused-ring (bicyclic) bond motifs is 1. The summed E-state index contributed by atoms with van der Waals surface area (Å²) in [6, 6.07) is 6.95. The van der Waals surface area contributed by atoms with Crippen molar-refractivity contribution in [3.8, 4) is 16.5 Å². The third-order valence-corrected chi connectivity index (χ3v) is 8.18. The van der Waals surface area contributed by atoms with Gasteiger partial charge in [-0.2, -0.15) is 0 Å². The zero-order valence-corrected chi connectivity index (χ0v) is 22.3. The maximum atomic E-state index is 11.6. The van der Waals surface area contributed by atoms with Crippen molar-refractivity contribution in [2.24, 2.45) is 5.92 Å². The highest BCUT2D eigenvalue weighted by molar-refractivity contribution is 7.90. The molecule has 1 saturated heterocycles. The Morgan fingerprint density at radius 2 is 1.81 bits per heavy atom. The number of hydrogen-bond donors (Lipinski definition) is 0. The van der Waals surface area contributed by atoms with Gasteiger partial charge in [0, 0.05) is 56.2 Å². The third-order valence-electron chi connectivity index (χ3n) is 6.30. The van der Waals surface area contributed by atoms with Gasteiger partial charge in [0.2, 0.25) is 5.95 Å². The van der Waals surface area contributed by atoms with Crippen LogP contribution in [0.15, 0.2) is 47.9 Å². The molecule has 5 heterocycles. The highest BCUT2D eigenvalue weighted by Crippen LogP contribution is 2.30.